The lowest BCUT2D eigenvalue weighted by Crippen LogP contribution is -2.37. The van der Waals surface area contributed by atoms with E-state index in [4.69, 9.17) is 0 Å². The summed E-state index contributed by atoms with van der Waals surface area (Å²) in [5.74, 6) is -0.110. The summed E-state index contributed by atoms with van der Waals surface area (Å²) in [7, 11) is 0. The fourth-order valence-electron chi connectivity index (χ4n) is 2.69. The quantitative estimate of drug-likeness (QED) is 0.642. The summed E-state index contributed by atoms with van der Waals surface area (Å²) in [6, 6.07) is 7.89. The summed E-state index contributed by atoms with van der Waals surface area (Å²) in [6.45, 7) is 8.58. The first kappa shape index (κ1) is 18.6. The van der Waals surface area contributed by atoms with Gasteiger partial charge in [-0.3, -0.25) is 19.6 Å². The van der Waals surface area contributed by atoms with Crippen molar-refractivity contribution < 1.29 is 9.72 Å². The molecule has 0 spiro atoms. The average Bonchev–Trinajstić information content (AvgIpc) is 3.00. The van der Waals surface area contributed by atoms with Crippen LogP contribution in [-0.2, 0) is 11.3 Å². The van der Waals surface area contributed by atoms with E-state index in [1.54, 1.807) is 0 Å². The number of benzene rings is 1. The molecular weight excluding hydrogens is 320 g/mol. The highest BCUT2D eigenvalue weighted by Crippen LogP contribution is 2.34. The summed E-state index contributed by atoms with van der Waals surface area (Å²) in [5.41, 5.74) is 2.00. The molecule has 0 saturated heterocycles. The SMILES string of the molecule is Cc1ccccc1C(NC(=O)CCn1cc([N+](=O)[O-])cn1)C(C)(C)C. The topological polar surface area (TPSA) is 90.1 Å². The van der Waals surface area contributed by atoms with E-state index in [2.05, 4.69) is 31.2 Å². The van der Waals surface area contributed by atoms with Crippen LogP contribution in [0.1, 0.15) is 44.4 Å². The van der Waals surface area contributed by atoms with Gasteiger partial charge in [-0.15, -0.1) is 0 Å². The molecule has 1 unspecified atom stereocenters. The van der Waals surface area contributed by atoms with Gasteiger partial charge >= 0.3 is 5.69 Å². The van der Waals surface area contributed by atoms with Gasteiger partial charge in [0.2, 0.25) is 5.91 Å². The van der Waals surface area contributed by atoms with Crippen molar-refractivity contribution in [3.05, 3.63) is 57.9 Å². The van der Waals surface area contributed by atoms with Gasteiger partial charge < -0.3 is 5.32 Å². The summed E-state index contributed by atoms with van der Waals surface area (Å²) in [5, 5.41) is 17.7. The number of amides is 1. The van der Waals surface area contributed by atoms with Gasteiger partial charge in [0.1, 0.15) is 12.4 Å². The Kier molecular flexibility index (Phi) is 5.56. The van der Waals surface area contributed by atoms with Crippen LogP contribution in [0.25, 0.3) is 0 Å². The number of hydrogen-bond acceptors (Lipinski definition) is 4. The number of nitrogens with one attached hydrogen (secondary N) is 1. The van der Waals surface area contributed by atoms with Crippen molar-refractivity contribution in [2.45, 2.75) is 46.7 Å². The standard InChI is InChI=1S/C18H24N4O3/c1-13-7-5-6-8-15(13)17(18(2,3)4)20-16(23)9-10-21-12-14(11-19-21)22(24)25/h5-8,11-12,17H,9-10H2,1-4H3,(H,20,23). The summed E-state index contributed by atoms with van der Waals surface area (Å²) in [4.78, 5) is 22.6. The van der Waals surface area contributed by atoms with Crippen LogP contribution in [0.4, 0.5) is 5.69 Å². The summed E-state index contributed by atoms with van der Waals surface area (Å²) >= 11 is 0. The number of carbonyl (C=O) groups excluding carboxylic acids is 1. The molecule has 1 amide bonds. The van der Waals surface area contributed by atoms with Crippen LogP contribution in [0.15, 0.2) is 36.7 Å². The minimum absolute atomic E-state index is 0.0760. The lowest BCUT2D eigenvalue weighted by Gasteiger charge is -2.33. The monoisotopic (exact) mass is 344 g/mol. The van der Waals surface area contributed by atoms with E-state index in [1.807, 2.05) is 31.2 Å². The van der Waals surface area contributed by atoms with Crippen LogP contribution >= 0.6 is 0 Å². The minimum atomic E-state index is -0.503. The molecule has 1 aromatic carbocycles. The van der Waals surface area contributed by atoms with E-state index < -0.39 is 4.92 Å². The molecule has 25 heavy (non-hydrogen) atoms. The molecule has 0 aliphatic carbocycles. The number of nitro groups is 1. The highest BCUT2D eigenvalue weighted by molar-refractivity contribution is 5.76. The van der Waals surface area contributed by atoms with Gasteiger partial charge in [0.15, 0.2) is 0 Å². The third-order valence-corrected chi connectivity index (χ3v) is 4.07. The summed E-state index contributed by atoms with van der Waals surface area (Å²) < 4.78 is 1.41. The minimum Gasteiger partial charge on any atom is -0.349 e. The lowest BCUT2D eigenvalue weighted by molar-refractivity contribution is -0.385. The van der Waals surface area contributed by atoms with Crippen molar-refractivity contribution in [3.63, 3.8) is 0 Å². The second-order valence-corrected chi connectivity index (χ2v) is 7.19. The first-order chi connectivity index (χ1) is 11.7. The van der Waals surface area contributed by atoms with Crippen molar-refractivity contribution in [2.75, 3.05) is 0 Å². The highest BCUT2D eigenvalue weighted by atomic mass is 16.6. The molecule has 0 radical (unpaired) electrons. The van der Waals surface area contributed by atoms with E-state index in [9.17, 15) is 14.9 Å². The van der Waals surface area contributed by atoms with Crippen molar-refractivity contribution in [1.82, 2.24) is 15.1 Å². The Morgan fingerprint density at radius 1 is 1.36 bits per heavy atom. The largest absolute Gasteiger partial charge is 0.349 e. The maximum atomic E-state index is 12.4. The molecular formula is C18H24N4O3. The fraction of sp³-hybridized carbons (Fsp3) is 0.444. The van der Waals surface area contributed by atoms with E-state index in [1.165, 1.54) is 17.1 Å². The zero-order chi connectivity index (χ0) is 18.6. The smallest absolute Gasteiger partial charge is 0.306 e. The highest BCUT2D eigenvalue weighted by Gasteiger charge is 2.28. The third-order valence-electron chi connectivity index (χ3n) is 4.07. The van der Waals surface area contributed by atoms with Gasteiger partial charge in [-0.25, -0.2) is 0 Å². The van der Waals surface area contributed by atoms with E-state index in [-0.39, 0.29) is 29.5 Å². The number of aryl methyl sites for hydroxylation is 2. The second-order valence-electron chi connectivity index (χ2n) is 7.19. The Bertz CT molecular complexity index is 762. The van der Waals surface area contributed by atoms with E-state index >= 15 is 0 Å². The van der Waals surface area contributed by atoms with Gasteiger partial charge in [0, 0.05) is 13.0 Å². The van der Waals surface area contributed by atoms with Gasteiger partial charge in [-0.1, -0.05) is 45.0 Å². The van der Waals surface area contributed by atoms with Crippen LogP contribution in [0.5, 0.6) is 0 Å². The van der Waals surface area contributed by atoms with Crippen LogP contribution < -0.4 is 5.32 Å². The molecule has 0 aliphatic rings. The maximum absolute atomic E-state index is 12.4. The third kappa shape index (κ3) is 4.89. The number of hydrogen-bond donors (Lipinski definition) is 1. The van der Waals surface area contributed by atoms with Crippen molar-refractivity contribution in [3.8, 4) is 0 Å². The molecule has 1 atom stereocenters. The molecule has 0 fully saturated rings. The van der Waals surface area contributed by atoms with Gasteiger partial charge in [0.25, 0.3) is 0 Å². The Balaban J connectivity index is 2.04. The molecule has 2 aromatic rings. The predicted octanol–water partition coefficient (Wildman–Crippen LogP) is 3.39. The predicted molar refractivity (Wildman–Crippen MR) is 95.0 cm³/mol. The first-order valence-electron chi connectivity index (χ1n) is 8.20. The normalized spacial score (nSPS) is 12.6. The second kappa shape index (κ2) is 7.46. The molecule has 7 nitrogen and oxygen atoms in total. The molecule has 7 heteroatoms. The van der Waals surface area contributed by atoms with Crippen LogP contribution in [0.2, 0.25) is 0 Å². The first-order valence-corrected chi connectivity index (χ1v) is 8.20. The Morgan fingerprint density at radius 3 is 2.60 bits per heavy atom. The number of aromatic nitrogens is 2. The van der Waals surface area contributed by atoms with Crippen molar-refractivity contribution in [2.24, 2.45) is 5.41 Å². The lowest BCUT2D eigenvalue weighted by atomic mass is 9.81. The molecule has 1 N–H and O–H groups in total. The van der Waals surface area contributed by atoms with Crippen LogP contribution in [0.3, 0.4) is 0 Å². The molecule has 1 aromatic heterocycles. The molecule has 2 rings (SSSR count). The molecule has 0 bridgehead atoms. The van der Waals surface area contributed by atoms with Crippen molar-refractivity contribution >= 4 is 11.6 Å². The molecule has 134 valence electrons. The zero-order valence-electron chi connectivity index (χ0n) is 15.0. The maximum Gasteiger partial charge on any atom is 0.306 e. The Hall–Kier alpha value is -2.70. The van der Waals surface area contributed by atoms with Gasteiger partial charge in [-0.05, 0) is 23.5 Å². The number of rotatable bonds is 6. The Labute approximate surface area is 147 Å². The molecule has 0 aliphatic heterocycles. The van der Waals surface area contributed by atoms with Crippen LogP contribution in [0, 0.1) is 22.5 Å². The van der Waals surface area contributed by atoms with Crippen LogP contribution in [-0.4, -0.2) is 20.6 Å². The van der Waals surface area contributed by atoms with Crippen molar-refractivity contribution in [1.29, 1.82) is 0 Å². The average molecular weight is 344 g/mol. The zero-order valence-corrected chi connectivity index (χ0v) is 15.0. The molecule has 0 saturated carbocycles. The van der Waals surface area contributed by atoms with E-state index in [0.717, 1.165) is 11.1 Å². The molecule has 1 heterocycles. The summed E-state index contributed by atoms with van der Waals surface area (Å²) in [6.07, 6.45) is 2.72. The van der Waals surface area contributed by atoms with E-state index in [0.29, 0.717) is 6.54 Å². The fourth-order valence-corrected chi connectivity index (χ4v) is 2.69. The van der Waals surface area contributed by atoms with Gasteiger partial charge in [-0.2, -0.15) is 5.10 Å². The number of nitrogens with zero attached hydrogens (tertiary/aromatic N) is 3. The Morgan fingerprint density at radius 2 is 2.04 bits per heavy atom. The van der Waals surface area contributed by atoms with Gasteiger partial charge in [0.05, 0.1) is 11.0 Å². The number of carbonyl (C=O) groups is 1.